The van der Waals surface area contributed by atoms with Gasteiger partial charge in [-0.3, -0.25) is 9.78 Å². The van der Waals surface area contributed by atoms with Gasteiger partial charge in [-0.1, -0.05) is 6.07 Å². The molecule has 0 aromatic carbocycles. The minimum absolute atomic E-state index is 0.138. The topological polar surface area (TPSA) is 68.0 Å². The number of hydrogen-bond acceptors (Lipinski definition) is 3. The van der Waals surface area contributed by atoms with E-state index in [2.05, 4.69) is 10.3 Å². The summed E-state index contributed by atoms with van der Waals surface area (Å²) in [4.78, 5) is 16.1. The quantitative estimate of drug-likeness (QED) is 0.824. The van der Waals surface area contributed by atoms with Crippen LogP contribution in [0.3, 0.4) is 0 Å². The number of nitrogens with two attached hydrogens (primary N) is 1. The van der Waals surface area contributed by atoms with Gasteiger partial charge in [-0.25, -0.2) is 0 Å². The molecule has 4 heteroatoms. The number of aromatic nitrogens is 1. The summed E-state index contributed by atoms with van der Waals surface area (Å²) in [6.07, 6.45) is 5.48. The summed E-state index contributed by atoms with van der Waals surface area (Å²) >= 11 is 0. The van der Waals surface area contributed by atoms with E-state index in [0.717, 1.165) is 31.4 Å². The molecule has 1 fully saturated rings. The molecular formula is C13H19N3O. The molecule has 3 N–H and O–H groups in total. The van der Waals surface area contributed by atoms with Crippen LogP contribution in [-0.4, -0.2) is 16.9 Å². The van der Waals surface area contributed by atoms with E-state index in [1.165, 1.54) is 0 Å². The number of amides is 1. The fourth-order valence-electron chi connectivity index (χ4n) is 2.21. The van der Waals surface area contributed by atoms with Crippen LogP contribution in [0, 0.1) is 5.92 Å². The molecular weight excluding hydrogens is 214 g/mol. The molecule has 1 amide bonds. The highest BCUT2D eigenvalue weighted by atomic mass is 16.1. The Morgan fingerprint density at radius 1 is 1.35 bits per heavy atom. The molecule has 92 valence electrons. The van der Waals surface area contributed by atoms with Gasteiger partial charge in [-0.05, 0) is 37.8 Å². The van der Waals surface area contributed by atoms with Gasteiger partial charge in [0.15, 0.2) is 0 Å². The largest absolute Gasteiger partial charge is 0.350 e. The number of nitrogens with zero attached hydrogens (tertiary/aromatic N) is 1. The van der Waals surface area contributed by atoms with Crippen molar-refractivity contribution in [1.29, 1.82) is 0 Å². The van der Waals surface area contributed by atoms with Crippen molar-refractivity contribution in [3.63, 3.8) is 0 Å². The number of carbonyl (C=O) groups excluding carboxylic acids is 1. The molecule has 0 aliphatic heterocycles. The fraction of sp³-hybridized carbons (Fsp3) is 0.538. The molecule has 1 aromatic rings. The normalized spacial score (nSPS) is 24.3. The van der Waals surface area contributed by atoms with Crippen LogP contribution in [0.15, 0.2) is 24.4 Å². The van der Waals surface area contributed by atoms with Crippen LogP contribution < -0.4 is 11.1 Å². The van der Waals surface area contributed by atoms with Gasteiger partial charge in [0.1, 0.15) is 0 Å². The maximum Gasteiger partial charge on any atom is 0.223 e. The molecule has 0 atom stereocenters. The molecule has 0 radical (unpaired) electrons. The maximum absolute atomic E-state index is 11.9. The molecule has 1 aliphatic carbocycles. The Labute approximate surface area is 102 Å². The van der Waals surface area contributed by atoms with Gasteiger partial charge < -0.3 is 11.1 Å². The van der Waals surface area contributed by atoms with Gasteiger partial charge in [-0.15, -0.1) is 0 Å². The molecule has 1 aliphatic rings. The Morgan fingerprint density at radius 3 is 2.76 bits per heavy atom. The van der Waals surface area contributed by atoms with Crippen LogP contribution in [0.1, 0.15) is 31.4 Å². The van der Waals surface area contributed by atoms with Crippen LogP contribution in [-0.2, 0) is 11.3 Å². The highest BCUT2D eigenvalue weighted by molar-refractivity contribution is 5.78. The maximum atomic E-state index is 11.9. The second-order valence-corrected chi connectivity index (χ2v) is 4.65. The number of nitrogens with one attached hydrogen (secondary N) is 1. The third-order valence-corrected chi connectivity index (χ3v) is 3.31. The van der Waals surface area contributed by atoms with Crippen LogP contribution in [0.2, 0.25) is 0 Å². The van der Waals surface area contributed by atoms with Crippen molar-refractivity contribution < 1.29 is 4.79 Å². The van der Waals surface area contributed by atoms with E-state index >= 15 is 0 Å². The van der Waals surface area contributed by atoms with E-state index in [9.17, 15) is 4.79 Å². The first kappa shape index (κ1) is 12.0. The molecule has 17 heavy (non-hydrogen) atoms. The van der Waals surface area contributed by atoms with Gasteiger partial charge in [0.2, 0.25) is 5.91 Å². The lowest BCUT2D eigenvalue weighted by Gasteiger charge is -2.25. The molecule has 0 unspecified atom stereocenters. The smallest absolute Gasteiger partial charge is 0.223 e. The summed E-state index contributed by atoms with van der Waals surface area (Å²) in [7, 11) is 0. The Bertz CT molecular complexity index is 358. The predicted octanol–water partition coefficient (Wildman–Crippen LogP) is 1.22. The lowest BCUT2D eigenvalue weighted by atomic mass is 9.86. The van der Waals surface area contributed by atoms with Crippen molar-refractivity contribution in [2.75, 3.05) is 0 Å². The summed E-state index contributed by atoms with van der Waals surface area (Å²) < 4.78 is 0. The van der Waals surface area contributed by atoms with Crippen LogP contribution in [0.4, 0.5) is 0 Å². The summed E-state index contributed by atoms with van der Waals surface area (Å²) in [5.41, 5.74) is 6.72. The van der Waals surface area contributed by atoms with Crippen LogP contribution >= 0.6 is 0 Å². The molecule has 0 bridgehead atoms. The minimum atomic E-state index is 0.138. The fourth-order valence-corrected chi connectivity index (χ4v) is 2.21. The van der Waals surface area contributed by atoms with Crippen molar-refractivity contribution >= 4 is 5.91 Å². The SMILES string of the molecule is NC1CCC(C(=O)NCc2ccccn2)CC1. The third kappa shape index (κ3) is 3.53. The number of hydrogen-bond donors (Lipinski definition) is 2. The second-order valence-electron chi connectivity index (χ2n) is 4.65. The van der Waals surface area contributed by atoms with Gasteiger partial charge in [0.25, 0.3) is 0 Å². The van der Waals surface area contributed by atoms with Crippen molar-refractivity contribution in [3.05, 3.63) is 30.1 Å². The zero-order valence-corrected chi connectivity index (χ0v) is 9.93. The van der Waals surface area contributed by atoms with Gasteiger partial charge in [-0.2, -0.15) is 0 Å². The van der Waals surface area contributed by atoms with Crippen LogP contribution in [0.25, 0.3) is 0 Å². The minimum Gasteiger partial charge on any atom is -0.350 e. The molecule has 1 aromatic heterocycles. The van der Waals surface area contributed by atoms with Gasteiger partial charge >= 0.3 is 0 Å². The highest BCUT2D eigenvalue weighted by Crippen LogP contribution is 2.23. The lowest BCUT2D eigenvalue weighted by molar-refractivity contribution is -0.126. The molecule has 1 heterocycles. The van der Waals surface area contributed by atoms with Gasteiger partial charge in [0, 0.05) is 18.2 Å². The zero-order chi connectivity index (χ0) is 12.1. The standard InChI is InChI=1S/C13H19N3O/c14-11-6-4-10(5-7-11)13(17)16-9-12-3-1-2-8-15-12/h1-3,8,10-11H,4-7,9,14H2,(H,16,17). The van der Waals surface area contributed by atoms with E-state index < -0.39 is 0 Å². The van der Waals surface area contributed by atoms with E-state index in [-0.39, 0.29) is 17.9 Å². The summed E-state index contributed by atoms with van der Waals surface area (Å²) in [6.45, 7) is 0.516. The van der Waals surface area contributed by atoms with Gasteiger partial charge in [0.05, 0.1) is 12.2 Å². The number of pyridine rings is 1. The Kier molecular flexibility index (Phi) is 4.09. The molecule has 0 spiro atoms. The molecule has 0 saturated heterocycles. The summed E-state index contributed by atoms with van der Waals surface area (Å²) in [5, 5.41) is 2.94. The van der Waals surface area contributed by atoms with E-state index in [1.54, 1.807) is 6.20 Å². The highest BCUT2D eigenvalue weighted by Gasteiger charge is 2.24. The van der Waals surface area contributed by atoms with Crippen molar-refractivity contribution in [2.24, 2.45) is 11.7 Å². The average molecular weight is 233 g/mol. The molecule has 1 saturated carbocycles. The zero-order valence-electron chi connectivity index (χ0n) is 9.93. The molecule has 4 nitrogen and oxygen atoms in total. The number of rotatable bonds is 3. The molecule has 2 rings (SSSR count). The monoisotopic (exact) mass is 233 g/mol. The predicted molar refractivity (Wildman–Crippen MR) is 66.0 cm³/mol. The van der Waals surface area contributed by atoms with E-state index in [4.69, 9.17) is 5.73 Å². The lowest BCUT2D eigenvalue weighted by Crippen LogP contribution is -2.36. The average Bonchev–Trinajstić information content (AvgIpc) is 2.38. The Morgan fingerprint density at radius 2 is 2.12 bits per heavy atom. The van der Waals surface area contributed by atoms with Crippen LogP contribution in [0.5, 0.6) is 0 Å². The van der Waals surface area contributed by atoms with Crippen molar-refractivity contribution in [3.8, 4) is 0 Å². The Balaban J connectivity index is 1.78. The first-order valence-electron chi connectivity index (χ1n) is 6.19. The first-order chi connectivity index (χ1) is 8.25. The van der Waals surface area contributed by atoms with Crippen molar-refractivity contribution in [1.82, 2.24) is 10.3 Å². The van der Waals surface area contributed by atoms with E-state index in [0.29, 0.717) is 6.54 Å². The summed E-state index contributed by atoms with van der Waals surface area (Å²) in [5.74, 6) is 0.279. The number of carbonyl (C=O) groups is 1. The third-order valence-electron chi connectivity index (χ3n) is 3.31. The second kappa shape index (κ2) is 5.77. The van der Waals surface area contributed by atoms with E-state index in [1.807, 2.05) is 18.2 Å². The summed E-state index contributed by atoms with van der Waals surface area (Å²) in [6, 6.07) is 5.99. The van der Waals surface area contributed by atoms with Crippen molar-refractivity contribution in [2.45, 2.75) is 38.3 Å². The first-order valence-corrected chi connectivity index (χ1v) is 6.19. The Hall–Kier alpha value is -1.42.